The van der Waals surface area contributed by atoms with Gasteiger partial charge in [-0.2, -0.15) is 0 Å². The van der Waals surface area contributed by atoms with Gasteiger partial charge in [-0.05, 0) is 23.3 Å². The van der Waals surface area contributed by atoms with E-state index in [-0.39, 0.29) is 48.9 Å². The molecule has 0 aliphatic carbocycles. The number of aromatic nitrogens is 2. The molecule has 4 rings (SSSR count). The Morgan fingerprint density at radius 2 is 1.00 bits per heavy atom. The minimum Gasteiger partial charge on any atom is -0.482 e. The van der Waals surface area contributed by atoms with Gasteiger partial charge in [0.2, 0.25) is 0 Å². The van der Waals surface area contributed by atoms with Gasteiger partial charge in [-0.3, -0.25) is 19.2 Å². The van der Waals surface area contributed by atoms with Crippen molar-refractivity contribution in [2.75, 3.05) is 53.6 Å². The molecular weight excluding hydrogens is 630 g/mol. The molecule has 0 aliphatic rings. The van der Waals surface area contributed by atoms with Crippen LogP contribution in [0.3, 0.4) is 0 Å². The van der Waals surface area contributed by atoms with Crippen molar-refractivity contribution in [3.63, 3.8) is 0 Å². The van der Waals surface area contributed by atoms with Gasteiger partial charge in [-0.15, -0.1) is 0 Å². The summed E-state index contributed by atoms with van der Waals surface area (Å²) in [5.41, 5.74) is 1.15. The highest BCUT2D eigenvalue weighted by Gasteiger charge is 2.20. The Labute approximate surface area is 284 Å². The topological polar surface area (TPSA) is 151 Å². The van der Waals surface area contributed by atoms with Crippen molar-refractivity contribution in [1.82, 2.24) is 25.1 Å². The zero-order chi connectivity index (χ0) is 34.8. The maximum Gasteiger partial charge on any atom is 0.293 e. The predicted octanol–water partition coefficient (Wildman–Crippen LogP) is 2.21. The fourth-order valence-corrected chi connectivity index (χ4v) is 4.78. The lowest BCUT2D eigenvalue weighted by atomic mass is 10.2. The highest BCUT2D eigenvalue weighted by molar-refractivity contribution is 5.97. The molecule has 0 bridgehead atoms. The number of carbonyl (C=O) groups is 2. The maximum atomic E-state index is 13.2. The second-order valence-electron chi connectivity index (χ2n) is 10.9. The van der Waals surface area contributed by atoms with Gasteiger partial charge in [-0.25, -0.2) is 0 Å². The van der Waals surface area contributed by atoms with Crippen molar-refractivity contribution in [1.29, 1.82) is 0 Å². The summed E-state index contributed by atoms with van der Waals surface area (Å²) in [7, 11) is 3.10. The SMILES string of the molecule is COCCn1ccc(C(=O)NCCNCCNC(=O)c2ccn(CCOC)c(=O)c2OCc2ccccc2)c(OCc2ccccc2)c1=O. The molecule has 0 saturated carbocycles. The summed E-state index contributed by atoms with van der Waals surface area (Å²) in [4.78, 5) is 52.5. The van der Waals surface area contributed by atoms with E-state index in [0.717, 1.165) is 11.1 Å². The second-order valence-corrected chi connectivity index (χ2v) is 10.9. The summed E-state index contributed by atoms with van der Waals surface area (Å²) in [5.74, 6) is -0.960. The van der Waals surface area contributed by atoms with Crippen molar-refractivity contribution in [2.45, 2.75) is 26.3 Å². The van der Waals surface area contributed by atoms with Crippen molar-refractivity contribution in [2.24, 2.45) is 0 Å². The van der Waals surface area contributed by atoms with Crippen LogP contribution in [0.2, 0.25) is 0 Å². The fraction of sp³-hybridized carbons (Fsp3) is 0.333. The van der Waals surface area contributed by atoms with Gasteiger partial charge >= 0.3 is 0 Å². The highest BCUT2D eigenvalue weighted by atomic mass is 16.5. The van der Waals surface area contributed by atoms with E-state index in [1.807, 2.05) is 60.7 Å². The van der Waals surface area contributed by atoms with Gasteiger partial charge in [0.25, 0.3) is 22.9 Å². The minimum absolute atomic E-state index is 0.0332. The normalized spacial score (nSPS) is 10.8. The first-order valence-electron chi connectivity index (χ1n) is 16.0. The summed E-state index contributed by atoms with van der Waals surface area (Å²) in [6.07, 6.45) is 3.10. The first-order valence-corrected chi connectivity index (χ1v) is 16.0. The number of nitrogens with one attached hydrogen (secondary N) is 3. The smallest absolute Gasteiger partial charge is 0.293 e. The van der Waals surface area contributed by atoms with Gasteiger partial charge in [0.1, 0.15) is 13.2 Å². The average molecular weight is 674 g/mol. The van der Waals surface area contributed by atoms with E-state index in [0.29, 0.717) is 39.4 Å². The lowest BCUT2D eigenvalue weighted by Crippen LogP contribution is -2.37. The van der Waals surface area contributed by atoms with Crippen LogP contribution in [0.1, 0.15) is 31.8 Å². The summed E-state index contributed by atoms with van der Waals surface area (Å²) in [5, 5.41) is 8.78. The van der Waals surface area contributed by atoms with Crippen LogP contribution in [0.25, 0.3) is 0 Å². The van der Waals surface area contributed by atoms with E-state index in [4.69, 9.17) is 18.9 Å². The molecule has 3 N–H and O–H groups in total. The Bertz CT molecular complexity index is 1630. The second kappa shape index (κ2) is 19.5. The highest BCUT2D eigenvalue weighted by Crippen LogP contribution is 2.16. The monoisotopic (exact) mass is 673 g/mol. The molecule has 260 valence electrons. The molecule has 0 saturated heterocycles. The first kappa shape index (κ1) is 36.6. The van der Waals surface area contributed by atoms with Crippen LogP contribution < -0.4 is 36.5 Å². The predicted molar refractivity (Wildman–Crippen MR) is 184 cm³/mol. The number of ether oxygens (including phenoxy) is 4. The molecule has 0 unspecified atom stereocenters. The molecule has 49 heavy (non-hydrogen) atoms. The molecule has 2 aromatic carbocycles. The number of carbonyl (C=O) groups excluding carboxylic acids is 2. The van der Waals surface area contributed by atoms with Crippen LogP contribution in [0.15, 0.2) is 94.8 Å². The molecular formula is C36H43N5O8. The summed E-state index contributed by atoms with van der Waals surface area (Å²) in [6, 6.07) is 21.9. The molecule has 13 heteroatoms. The molecule has 2 heterocycles. The van der Waals surface area contributed by atoms with Crippen LogP contribution in [0.4, 0.5) is 0 Å². The van der Waals surface area contributed by atoms with Crippen molar-refractivity contribution < 1.29 is 28.5 Å². The quantitative estimate of drug-likeness (QED) is 0.120. The number of nitrogens with zero attached hydrogens (tertiary/aromatic N) is 2. The average Bonchev–Trinajstić information content (AvgIpc) is 3.12. The van der Waals surface area contributed by atoms with Crippen LogP contribution in [-0.2, 0) is 35.8 Å². The third kappa shape index (κ3) is 10.9. The zero-order valence-corrected chi connectivity index (χ0v) is 27.8. The minimum atomic E-state index is -0.447. The number of hydrogen-bond donors (Lipinski definition) is 3. The van der Waals surface area contributed by atoms with Crippen LogP contribution in [-0.4, -0.2) is 74.6 Å². The maximum absolute atomic E-state index is 13.2. The Hall–Kier alpha value is -5.24. The molecule has 0 aliphatic heterocycles. The number of pyridine rings is 2. The van der Waals surface area contributed by atoms with Crippen molar-refractivity contribution in [3.8, 4) is 11.5 Å². The third-order valence-electron chi connectivity index (χ3n) is 7.43. The molecule has 0 radical (unpaired) electrons. The Kier molecular flexibility index (Phi) is 14.6. The Morgan fingerprint density at radius 1 is 0.592 bits per heavy atom. The van der Waals surface area contributed by atoms with Gasteiger partial charge in [-0.1, -0.05) is 60.7 Å². The molecule has 0 atom stereocenters. The number of rotatable bonds is 20. The van der Waals surface area contributed by atoms with Crippen molar-refractivity contribution >= 4 is 11.8 Å². The van der Waals surface area contributed by atoms with Crippen LogP contribution >= 0.6 is 0 Å². The Balaban J connectivity index is 1.29. The molecule has 2 aromatic heterocycles. The van der Waals surface area contributed by atoms with E-state index >= 15 is 0 Å². The molecule has 2 amide bonds. The van der Waals surface area contributed by atoms with E-state index in [2.05, 4.69) is 16.0 Å². The standard InChI is InChI=1S/C36H43N5O8/c1-46-23-21-40-19-13-29(31(35(40)44)48-25-27-9-5-3-6-10-27)33(42)38-17-15-37-16-18-39-34(43)30-14-20-41(22-24-47-2)36(45)32(30)49-26-28-11-7-4-8-12-28/h3-14,19-20,37H,15-18,21-26H2,1-2H3,(H,38,42)(H,39,43). The van der Waals surface area contributed by atoms with Crippen molar-refractivity contribution in [3.05, 3.63) is 128 Å². The van der Waals surface area contributed by atoms with E-state index in [1.165, 1.54) is 9.13 Å². The van der Waals surface area contributed by atoms with Gasteiger partial charge < -0.3 is 44.0 Å². The third-order valence-corrected chi connectivity index (χ3v) is 7.43. The lowest BCUT2D eigenvalue weighted by molar-refractivity contribution is 0.0942. The summed E-state index contributed by atoms with van der Waals surface area (Å²) >= 11 is 0. The largest absolute Gasteiger partial charge is 0.482 e. The summed E-state index contributed by atoms with van der Waals surface area (Å²) < 4.78 is 24.8. The van der Waals surface area contributed by atoms with E-state index in [1.54, 1.807) is 38.7 Å². The molecule has 0 spiro atoms. The number of hydrogen-bond acceptors (Lipinski definition) is 9. The molecule has 0 fully saturated rings. The fourth-order valence-electron chi connectivity index (χ4n) is 4.78. The van der Waals surface area contributed by atoms with Crippen LogP contribution in [0.5, 0.6) is 11.5 Å². The van der Waals surface area contributed by atoms with Gasteiger partial charge in [0.15, 0.2) is 11.5 Å². The number of benzene rings is 2. The van der Waals surface area contributed by atoms with E-state index < -0.39 is 22.9 Å². The van der Waals surface area contributed by atoms with E-state index in [9.17, 15) is 19.2 Å². The summed E-state index contributed by atoms with van der Waals surface area (Å²) in [6.45, 7) is 2.87. The number of methoxy groups -OCH3 is 2. The zero-order valence-electron chi connectivity index (χ0n) is 27.8. The van der Waals surface area contributed by atoms with Crippen LogP contribution in [0, 0.1) is 0 Å². The van der Waals surface area contributed by atoms with Gasteiger partial charge in [0.05, 0.1) is 24.3 Å². The molecule has 4 aromatic rings. The lowest BCUT2D eigenvalue weighted by Gasteiger charge is -2.15. The first-order chi connectivity index (χ1) is 23.9. The van der Waals surface area contributed by atoms with Gasteiger partial charge in [0, 0.05) is 65.9 Å². The number of amides is 2. The molecule has 13 nitrogen and oxygen atoms in total. The Morgan fingerprint density at radius 3 is 1.39 bits per heavy atom.